The molecule has 0 radical (unpaired) electrons. The van der Waals surface area contributed by atoms with Gasteiger partial charge in [0.1, 0.15) is 12.4 Å². The number of aryl methyl sites for hydroxylation is 1. The predicted molar refractivity (Wildman–Crippen MR) is 66.1 cm³/mol. The van der Waals surface area contributed by atoms with E-state index in [4.69, 9.17) is 4.74 Å². The number of ether oxygens (including phenoxy) is 1. The van der Waals surface area contributed by atoms with Crippen LogP contribution in [0, 0.1) is 0 Å². The fourth-order valence-corrected chi connectivity index (χ4v) is 1.80. The number of benzene rings is 1. The molecule has 19 heavy (non-hydrogen) atoms. The fourth-order valence-electron chi connectivity index (χ4n) is 1.38. The zero-order chi connectivity index (χ0) is 14.3. The molecule has 0 saturated heterocycles. The van der Waals surface area contributed by atoms with Gasteiger partial charge in [-0.2, -0.15) is 8.42 Å². The van der Waals surface area contributed by atoms with Crippen molar-refractivity contribution in [2.24, 2.45) is 0 Å². The Bertz CT molecular complexity index is 506. The third kappa shape index (κ3) is 7.43. The van der Waals surface area contributed by atoms with Gasteiger partial charge in [0.25, 0.3) is 10.1 Å². The largest absolute Gasteiger partial charge is 0.546 e. The zero-order valence-corrected chi connectivity index (χ0v) is 11.3. The summed E-state index contributed by atoms with van der Waals surface area (Å²) in [5.74, 6) is -0.831. The predicted octanol–water partition coefficient (Wildman–Crippen LogP) is -0.276. The first kappa shape index (κ1) is 15.5. The van der Waals surface area contributed by atoms with Crippen LogP contribution in [0.4, 0.5) is 0 Å². The highest BCUT2D eigenvalue weighted by molar-refractivity contribution is 7.85. The third-order valence-electron chi connectivity index (χ3n) is 2.19. The lowest BCUT2D eigenvalue weighted by atomic mass is 10.1. The summed E-state index contributed by atoms with van der Waals surface area (Å²) in [4.78, 5) is 10.2. The van der Waals surface area contributed by atoms with Crippen molar-refractivity contribution in [2.45, 2.75) is 12.8 Å². The molecule has 0 aromatic heterocycles. The first-order chi connectivity index (χ1) is 8.87. The summed E-state index contributed by atoms with van der Waals surface area (Å²) in [6, 6.07) is 6.86. The van der Waals surface area contributed by atoms with E-state index in [9.17, 15) is 18.3 Å². The number of carbonyl (C=O) groups excluding carboxylic acids is 1. The number of carbonyl (C=O) groups is 1. The van der Waals surface area contributed by atoms with Crippen LogP contribution in [-0.4, -0.2) is 33.9 Å². The average Bonchev–Trinajstić information content (AvgIpc) is 2.32. The van der Waals surface area contributed by atoms with Gasteiger partial charge in [0, 0.05) is 0 Å². The number of aliphatic carboxylic acids is 1. The van der Waals surface area contributed by atoms with Gasteiger partial charge in [-0.15, -0.1) is 0 Å². The number of hydrogen-bond donors (Lipinski definition) is 0. The van der Waals surface area contributed by atoms with Gasteiger partial charge in [-0.1, -0.05) is 12.1 Å². The van der Waals surface area contributed by atoms with Crippen LogP contribution in [0.5, 0.6) is 5.75 Å². The number of hydrogen-bond acceptors (Lipinski definition) is 6. The van der Waals surface area contributed by atoms with E-state index in [1.54, 1.807) is 24.3 Å². The molecule has 1 aromatic carbocycles. The third-order valence-corrected chi connectivity index (χ3v) is 2.78. The van der Waals surface area contributed by atoms with E-state index in [1.807, 2.05) is 0 Å². The zero-order valence-electron chi connectivity index (χ0n) is 10.5. The monoisotopic (exact) mass is 287 g/mol. The second kappa shape index (κ2) is 7.10. The Labute approximate surface area is 112 Å². The maximum Gasteiger partial charge on any atom is 0.264 e. The summed E-state index contributed by atoms with van der Waals surface area (Å²) in [6.07, 6.45) is 2.25. The second-order valence-corrected chi connectivity index (χ2v) is 5.58. The van der Waals surface area contributed by atoms with Crippen molar-refractivity contribution in [2.75, 3.05) is 19.5 Å². The fraction of sp³-hybridized carbons (Fsp3) is 0.417. The molecule has 0 atom stereocenters. The molecule has 6 nitrogen and oxygen atoms in total. The van der Waals surface area contributed by atoms with Crippen LogP contribution in [0.1, 0.15) is 12.0 Å². The minimum absolute atomic E-state index is 0.141. The Balaban J connectivity index is 2.34. The van der Waals surface area contributed by atoms with E-state index < -0.39 is 22.7 Å². The molecule has 0 unspecified atom stereocenters. The first-order valence-corrected chi connectivity index (χ1v) is 7.44. The molecular formula is C12H15O6S-. The van der Waals surface area contributed by atoms with Gasteiger partial charge in [-0.05, 0) is 30.5 Å². The van der Waals surface area contributed by atoms with Crippen molar-refractivity contribution >= 4 is 16.1 Å². The highest BCUT2D eigenvalue weighted by Crippen LogP contribution is 2.13. The van der Waals surface area contributed by atoms with Gasteiger partial charge in [-0.25, -0.2) is 0 Å². The Hall–Kier alpha value is -1.60. The van der Waals surface area contributed by atoms with E-state index in [-0.39, 0.29) is 6.61 Å². The van der Waals surface area contributed by atoms with Crippen molar-refractivity contribution < 1.29 is 27.2 Å². The second-order valence-electron chi connectivity index (χ2n) is 3.93. The van der Waals surface area contributed by atoms with Crippen molar-refractivity contribution in [1.82, 2.24) is 0 Å². The van der Waals surface area contributed by atoms with Crippen LogP contribution in [0.15, 0.2) is 24.3 Å². The van der Waals surface area contributed by atoms with Gasteiger partial charge in [0.05, 0.1) is 18.8 Å². The molecule has 0 aliphatic rings. The van der Waals surface area contributed by atoms with Crippen LogP contribution in [-0.2, 0) is 25.5 Å². The lowest BCUT2D eigenvalue weighted by Gasteiger charge is -2.07. The van der Waals surface area contributed by atoms with Crippen LogP contribution in [0.25, 0.3) is 0 Å². The Kier molecular flexibility index (Phi) is 5.78. The molecule has 1 rings (SSSR count). The highest BCUT2D eigenvalue weighted by atomic mass is 32.2. The summed E-state index contributed by atoms with van der Waals surface area (Å²) in [6.45, 7) is -0.344. The maximum absolute atomic E-state index is 10.7. The molecule has 0 amide bonds. The van der Waals surface area contributed by atoms with Crippen LogP contribution in [0.3, 0.4) is 0 Å². The van der Waals surface area contributed by atoms with Crippen molar-refractivity contribution in [3.05, 3.63) is 29.8 Å². The van der Waals surface area contributed by atoms with Crippen molar-refractivity contribution in [3.8, 4) is 5.75 Å². The maximum atomic E-state index is 10.7. The van der Waals surface area contributed by atoms with Crippen molar-refractivity contribution in [1.29, 1.82) is 0 Å². The van der Waals surface area contributed by atoms with E-state index in [1.165, 1.54) is 0 Å². The van der Waals surface area contributed by atoms with E-state index in [0.717, 1.165) is 11.8 Å². The number of rotatable bonds is 8. The highest BCUT2D eigenvalue weighted by Gasteiger charge is 2.01. The van der Waals surface area contributed by atoms with Crippen LogP contribution in [0.2, 0.25) is 0 Å². The topological polar surface area (TPSA) is 92.7 Å². The molecule has 0 heterocycles. The summed E-state index contributed by atoms with van der Waals surface area (Å²) >= 11 is 0. The number of carboxylic acid groups (broad SMARTS) is 1. The molecule has 0 aliphatic heterocycles. The Morgan fingerprint density at radius 3 is 2.42 bits per heavy atom. The molecule has 0 fully saturated rings. The smallest absolute Gasteiger partial charge is 0.264 e. The van der Waals surface area contributed by atoms with Gasteiger partial charge >= 0.3 is 0 Å². The first-order valence-electron chi connectivity index (χ1n) is 5.63. The van der Waals surface area contributed by atoms with Crippen LogP contribution < -0.4 is 9.84 Å². The van der Waals surface area contributed by atoms with Gasteiger partial charge < -0.3 is 14.6 Å². The molecule has 0 saturated carbocycles. The molecule has 0 bridgehead atoms. The molecule has 106 valence electrons. The summed E-state index contributed by atoms with van der Waals surface area (Å²) in [5.41, 5.74) is 0.984. The Morgan fingerprint density at radius 2 is 1.89 bits per heavy atom. The van der Waals surface area contributed by atoms with E-state index in [0.29, 0.717) is 18.6 Å². The normalized spacial score (nSPS) is 11.2. The lowest BCUT2D eigenvalue weighted by molar-refractivity contribution is -0.307. The minimum atomic E-state index is -3.38. The van der Waals surface area contributed by atoms with Crippen molar-refractivity contribution in [3.63, 3.8) is 0 Å². The molecular weight excluding hydrogens is 272 g/mol. The van der Waals surface area contributed by atoms with E-state index in [2.05, 4.69) is 4.18 Å². The van der Waals surface area contributed by atoms with Gasteiger partial charge in [0.2, 0.25) is 0 Å². The molecule has 0 spiro atoms. The lowest BCUT2D eigenvalue weighted by Crippen LogP contribution is -2.28. The summed E-state index contributed by atoms with van der Waals surface area (Å²) < 4.78 is 31.0. The number of carboxylic acids is 1. The SMILES string of the molecule is CS(=O)(=O)OCCCc1ccc(OCC(=O)[O-])cc1. The average molecular weight is 287 g/mol. The van der Waals surface area contributed by atoms with Crippen LogP contribution >= 0.6 is 0 Å². The quantitative estimate of drug-likeness (QED) is 0.482. The van der Waals surface area contributed by atoms with Gasteiger partial charge in [0.15, 0.2) is 0 Å². The summed E-state index contributed by atoms with van der Waals surface area (Å²) in [5, 5.41) is 10.2. The summed E-state index contributed by atoms with van der Waals surface area (Å²) in [7, 11) is -3.38. The Morgan fingerprint density at radius 1 is 1.26 bits per heavy atom. The molecule has 0 N–H and O–H groups in total. The minimum Gasteiger partial charge on any atom is -0.546 e. The molecule has 1 aromatic rings. The standard InChI is InChI=1S/C12H16O6S/c1-19(15,16)18-8-2-3-10-4-6-11(7-5-10)17-9-12(13)14/h4-7H,2-3,8-9H2,1H3,(H,13,14)/p-1. The van der Waals surface area contributed by atoms with Gasteiger partial charge in [-0.3, -0.25) is 4.18 Å². The molecule has 0 aliphatic carbocycles. The van der Waals surface area contributed by atoms with E-state index >= 15 is 0 Å². The molecule has 7 heteroatoms.